The first-order chi connectivity index (χ1) is 10.1. The van der Waals surface area contributed by atoms with Gasteiger partial charge in [-0.1, -0.05) is 19.0 Å². The van der Waals surface area contributed by atoms with Crippen LogP contribution in [0.5, 0.6) is 0 Å². The van der Waals surface area contributed by atoms with Crippen LogP contribution in [-0.2, 0) is 7.05 Å². The van der Waals surface area contributed by atoms with Gasteiger partial charge in [0.1, 0.15) is 6.04 Å². The Hall–Kier alpha value is -2.18. The molecule has 3 rings (SSSR count). The number of amides is 1. The maximum atomic E-state index is 12.6. The molecule has 0 N–H and O–H groups in total. The van der Waals surface area contributed by atoms with Gasteiger partial charge in [-0.05, 0) is 12.8 Å². The van der Waals surface area contributed by atoms with E-state index in [2.05, 4.69) is 15.2 Å². The standard InChI is InChI=1S/C14H19N5O2/c1-9(2)12-16-13(21-17-12)11-5-4-6-19(11)14(20)10-7-15-18(3)8-10/h7-9,11H,4-6H2,1-3H3/t11-/m0/s1. The van der Waals surface area contributed by atoms with Gasteiger partial charge in [-0.15, -0.1) is 0 Å². The molecular weight excluding hydrogens is 270 g/mol. The van der Waals surface area contributed by atoms with Gasteiger partial charge < -0.3 is 9.42 Å². The number of aryl methyl sites for hydroxylation is 1. The first-order valence-electron chi connectivity index (χ1n) is 7.19. The van der Waals surface area contributed by atoms with Crippen LogP contribution in [0.4, 0.5) is 0 Å². The number of carbonyl (C=O) groups is 1. The van der Waals surface area contributed by atoms with Gasteiger partial charge in [-0.25, -0.2) is 0 Å². The summed E-state index contributed by atoms with van der Waals surface area (Å²) in [5.74, 6) is 1.40. The summed E-state index contributed by atoms with van der Waals surface area (Å²) in [6, 6.07) is -0.127. The lowest BCUT2D eigenvalue weighted by Gasteiger charge is -2.21. The molecule has 0 aliphatic carbocycles. The van der Waals surface area contributed by atoms with Crippen molar-refractivity contribution in [1.29, 1.82) is 0 Å². The van der Waals surface area contributed by atoms with Crippen molar-refractivity contribution in [3.8, 4) is 0 Å². The molecule has 0 spiro atoms. The summed E-state index contributed by atoms with van der Waals surface area (Å²) in [4.78, 5) is 18.8. The van der Waals surface area contributed by atoms with Gasteiger partial charge in [-0.3, -0.25) is 9.48 Å². The average Bonchev–Trinajstić information content (AvgIpc) is 3.17. The number of rotatable bonds is 3. The van der Waals surface area contributed by atoms with Crippen molar-refractivity contribution in [1.82, 2.24) is 24.8 Å². The van der Waals surface area contributed by atoms with Crippen LogP contribution in [0, 0.1) is 0 Å². The van der Waals surface area contributed by atoms with Crippen LogP contribution in [-0.4, -0.2) is 37.3 Å². The predicted octanol–water partition coefficient (Wildman–Crippen LogP) is 1.90. The highest BCUT2D eigenvalue weighted by Gasteiger charge is 2.35. The molecule has 1 aliphatic heterocycles. The van der Waals surface area contributed by atoms with Crippen LogP contribution in [0.1, 0.15) is 60.7 Å². The van der Waals surface area contributed by atoms with E-state index in [1.54, 1.807) is 29.0 Å². The van der Waals surface area contributed by atoms with Crippen LogP contribution in [0.25, 0.3) is 0 Å². The van der Waals surface area contributed by atoms with Crippen molar-refractivity contribution in [2.24, 2.45) is 7.05 Å². The molecule has 3 heterocycles. The predicted molar refractivity (Wildman–Crippen MR) is 74.6 cm³/mol. The fourth-order valence-corrected chi connectivity index (χ4v) is 2.58. The van der Waals surface area contributed by atoms with Crippen LogP contribution in [0.2, 0.25) is 0 Å². The van der Waals surface area contributed by atoms with Crippen LogP contribution in [0.15, 0.2) is 16.9 Å². The Morgan fingerprint density at radius 1 is 1.48 bits per heavy atom. The van der Waals surface area contributed by atoms with E-state index in [1.807, 2.05) is 13.8 Å². The van der Waals surface area contributed by atoms with E-state index in [0.717, 1.165) is 12.8 Å². The Morgan fingerprint density at radius 3 is 2.90 bits per heavy atom. The minimum atomic E-state index is -0.127. The number of hydrogen-bond acceptors (Lipinski definition) is 5. The fraction of sp³-hybridized carbons (Fsp3) is 0.571. The van der Waals surface area contributed by atoms with Crippen molar-refractivity contribution in [2.75, 3.05) is 6.54 Å². The Balaban J connectivity index is 1.83. The molecule has 1 atom stereocenters. The lowest BCUT2D eigenvalue weighted by Crippen LogP contribution is -2.30. The summed E-state index contributed by atoms with van der Waals surface area (Å²) >= 11 is 0. The molecule has 21 heavy (non-hydrogen) atoms. The average molecular weight is 289 g/mol. The van der Waals surface area contributed by atoms with E-state index in [4.69, 9.17) is 4.52 Å². The molecular formula is C14H19N5O2. The number of likely N-dealkylation sites (tertiary alicyclic amines) is 1. The minimum absolute atomic E-state index is 0.0325. The summed E-state index contributed by atoms with van der Waals surface area (Å²) < 4.78 is 6.98. The molecule has 1 saturated heterocycles. The lowest BCUT2D eigenvalue weighted by molar-refractivity contribution is 0.0710. The molecule has 7 nitrogen and oxygen atoms in total. The zero-order valence-electron chi connectivity index (χ0n) is 12.5. The van der Waals surface area contributed by atoms with Gasteiger partial charge in [0.2, 0.25) is 5.89 Å². The first-order valence-corrected chi connectivity index (χ1v) is 7.19. The van der Waals surface area contributed by atoms with Crippen molar-refractivity contribution < 1.29 is 9.32 Å². The zero-order valence-corrected chi connectivity index (χ0v) is 12.5. The summed E-state index contributed by atoms with van der Waals surface area (Å²) in [6.07, 6.45) is 5.11. The fourth-order valence-electron chi connectivity index (χ4n) is 2.58. The van der Waals surface area contributed by atoms with Crippen LogP contribution < -0.4 is 0 Å². The largest absolute Gasteiger partial charge is 0.337 e. The SMILES string of the molecule is CC(C)c1noc([C@@H]2CCCN2C(=O)c2cnn(C)c2)n1. The van der Waals surface area contributed by atoms with Gasteiger partial charge >= 0.3 is 0 Å². The molecule has 112 valence electrons. The van der Waals surface area contributed by atoms with Crippen molar-refractivity contribution in [3.63, 3.8) is 0 Å². The van der Waals surface area contributed by atoms with E-state index in [9.17, 15) is 4.79 Å². The minimum Gasteiger partial charge on any atom is -0.337 e. The normalized spacial score (nSPS) is 18.7. The third-order valence-electron chi connectivity index (χ3n) is 3.72. The highest BCUT2D eigenvalue weighted by molar-refractivity contribution is 5.94. The van der Waals surface area contributed by atoms with Crippen molar-refractivity contribution in [2.45, 2.75) is 38.6 Å². The Kier molecular flexibility index (Phi) is 3.48. The van der Waals surface area contributed by atoms with Gasteiger partial charge in [0, 0.05) is 25.7 Å². The molecule has 0 aromatic carbocycles. The van der Waals surface area contributed by atoms with E-state index >= 15 is 0 Å². The molecule has 2 aromatic rings. The second kappa shape index (κ2) is 5.31. The molecule has 0 radical (unpaired) electrons. The number of aromatic nitrogens is 4. The third-order valence-corrected chi connectivity index (χ3v) is 3.72. The quantitative estimate of drug-likeness (QED) is 0.862. The second-order valence-corrected chi connectivity index (χ2v) is 5.70. The number of carbonyl (C=O) groups excluding carboxylic acids is 1. The van der Waals surface area contributed by atoms with E-state index < -0.39 is 0 Å². The van der Waals surface area contributed by atoms with E-state index in [0.29, 0.717) is 23.8 Å². The van der Waals surface area contributed by atoms with Crippen LogP contribution in [0.3, 0.4) is 0 Å². The summed E-state index contributed by atoms with van der Waals surface area (Å²) in [5, 5.41) is 8.04. The first kappa shape index (κ1) is 13.8. The molecule has 2 aromatic heterocycles. The molecule has 1 aliphatic rings. The Bertz CT molecular complexity index is 645. The van der Waals surface area contributed by atoms with E-state index in [-0.39, 0.29) is 17.9 Å². The van der Waals surface area contributed by atoms with Gasteiger partial charge in [-0.2, -0.15) is 10.1 Å². The highest BCUT2D eigenvalue weighted by atomic mass is 16.5. The molecule has 7 heteroatoms. The molecule has 0 unspecified atom stereocenters. The smallest absolute Gasteiger partial charge is 0.257 e. The topological polar surface area (TPSA) is 77.0 Å². The van der Waals surface area contributed by atoms with E-state index in [1.165, 1.54) is 0 Å². The van der Waals surface area contributed by atoms with Gasteiger partial charge in [0.15, 0.2) is 5.82 Å². The molecule has 1 amide bonds. The molecule has 1 fully saturated rings. The molecule has 0 saturated carbocycles. The summed E-state index contributed by atoms with van der Waals surface area (Å²) in [6.45, 7) is 4.74. The van der Waals surface area contributed by atoms with Gasteiger partial charge in [0.25, 0.3) is 5.91 Å². The van der Waals surface area contributed by atoms with Crippen molar-refractivity contribution in [3.05, 3.63) is 29.7 Å². The lowest BCUT2D eigenvalue weighted by atomic mass is 10.2. The summed E-state index contributed by atoms with van der Waals surface area (Å²) in [5.41, 5.74) is 0.591. The number of hydrogen-bond donors (Lipinski definition) is 0. The second-order valence-electron chi connectivity index (χ2n) is 5.70. The summed E-state index contributed by atoms with van der Waals surface area (Å²) in [7, 11) is 1.80. The monoisotopic (exact) mass is 289 g/mol. The van der Waals surface area contributed by atoms with Gasteiger partial charge in [0.05, 0.1) is 11.8 Å². The molecule has 0 bridgehead atoms. The third kappa shape index (κ3) is 2.55. The maximum absolute atomic E-state index is 12.6. The van der Waals surface area contributed by atoms with Crippen LogP contribution >= 0.6 is 0 Å². The number of nitrogens with zero attached hydrogens (tertiary/aromatic N) is 5. The Labute approximate surface area is 122 Å². The zero-order chi connectivity index (χ0) is 15.0. The maximum Gasteiger partial charge on any atom is 0.257 e. The van der Waals surface area contributed by atoms with Crippen molar-refractivity contribution >= 4 is 5.91 Å². The highest BCUT2D eigenvalue weighted by Crippen LogP contribution is 2.32. The Morgan fingerprint density at radius 2 is 2.29 bits per heavy atom.